The van der Waals surface area contributed by atoms with E-state index in [-0.39, 0.29) is 0 Å². The molecule has 65 valence electrons. The minimum absolute atomic E-state index is 0.884. The fraction of sp³-hybridized carbons (Fsp3) is 0.909. The highest BCUT2D eigenvalue weighted by Crippen LogP contribution is 2.26. The van der Waals surface area contributed by atoms with E-state index in [0.717, 1.165) is 11.8 Å². The minimum Gasteiger partial charge on any atom is -0.0628 e. The van der Waals surface area contributed by atoms with Crippen LogP contribution in [0.4, 0.5) is 0 Å². The summed E-state index contributed by atoms with van der Waals surface area (Å²) in [7, 11) is 0. The van der Waals surface area contributed by atoms with Crippen LogP contribution in [0.1, 0.15) is 52.4 Å². The van der Waals surface area contributed by atoms with Crippen LogP contribution in [0.15, 0.2) is 0 Å². The Balaban J connectivity index is 2.20. The summed E-state index contributed by atoms with van der Waals surface area (Å²) in [6, 6.07) is 0. The van der Waals surface area contributed by atoms with E-state index in [2.05, 4.69) is 20.3 Å². The second-order valence-corrected chi connectivity index (χ2v) is 4.26. The number of hydrogen-bond donors (Lipinski definition) is 0. The van der Waals surface area contributed by atoms with Gasteiger partial charge in [0.2, 0.25) is 0 Å². The lowest BCUT2D eigenvalue weighted by molar-refractivity contribution is 0.426. The van der Waals surface area contributed by atoms with Gasteiger partial charge in [0.05, 0.1) is 0 Å². The van der Waals surface area contributed by atoms with Gasteiger partial charge in [0.25, 0.3) is 0 Å². The highest BCUT2D eigenvalue weighted by Gasteiger charge is 2.13. The van der Waals surface area contributed by atoms with Crippen molar-refractivity contribution in [2.75, 3.05) is 0 Å². The zero-order valence-corrected chi connectivity index (χ0v) is 7.97. The molecule has 0 bridgehead atoms. The van der Waals surface area contributed by atoms with E-state index < -0.39 is 0 Å². The van der Waals surface area contributed by atoms with Gasteiger partial charge in [-0.3, -0.25) is 0 Å². The summed E-state index contributed by atoms with van der Waals surface area (Å²) in [6.45, 7) is 4.66. The van der Waals surface area contributed by atoms with Crippen LogP contribution in [-0.2, 0) is 0 Å². The molecule has 0 aromatic rings. The number of rotatable bonds is 2. The van der Waals surface area contributed by atoms with E-state index in [4.69, 9.17) is 0 Å². The monoisotopic (exact) mass is 153 g/mol. The molecule has 0 heterocycles. The lowest BCUT2D eigenvalue weighted by atomic mass is 9.91. The normalized spacial score (nSPS) is 22.1. The second kappa shape index (κ2) is 4.79. The maximum Gasteiger partial charge on any atom is -0.0355 e. The highest BCUT2D eigenvalue weighted by atomic mass is 14.2. The van der Waals surface area contributed by atoms with Crippen LogP contribution in [0.5, 0.6) is 0 Å². The molecule has 0 N–H and O–H groups in total. The lowest BCUT2D eigenvalue weighted by Gasteiger charge is -2.15. The summed E-state index contributed by atoms with van der Waals surface area (Å²) in [4.78, 5) is 0. The predicted molar refractivity (Wildman–Crippen MR) is 50.3 cm³/mol. The Bertz CT molecular complexity index is 86.2. The van der Waals surface area contributed by atoms with Crippen LogP contribution in [0.25, 0.3) is 0 Å². The fourth-order valence-corrected chi connectivity index (χ4v) is 2.02. The van der Waals surface area contributed by atoms with Crippen molar-refractivity contribution in [2.45, 2.75) is 52.4 Å². The quantitative estimate of drug-likeness (QED) is 0.529. The Morgan fingerprint density at radius 2 is 2.09 bits per heavy atom. The molecule has 0 nitrogen and oxygen atoms in total. The van der Waals surface area contributed by atoms with E-state index in [1.54, 1.807) is 0 Å². The van der Waals surface area contributed by atoms with Gasteiger partial charge in [-0.25, -0.2) is 0 Å². The Hall–Kier alpha value is 0. The van der Waals surface area contributed by atoms with Crippen molar-refractivity contribution in [3.63, 3.8) is 0 Å². The first-order valence-corrected chi connectivity index (χ1v) is 5.12. The van der Waals surface area contributed by atoms with Gasteiger partial charge in [0.1, 0.15) is 0 Å². The fourth-order valence-electron chi connectivity index (χ4n) is 2.02. The summed E-state index contributed by atoms with van der Waals surface area (Å²) >= 11 is 0. The summed E-state index contributed by atoms with van der Waals surface area (Å²) in [5, 5.41) is 0. The summed E-state index contributed by atoms with van der Waals surface area (Å²) in [5.74, 6) is 1.83. The molecule has 1 aliphatic rings. The summed E-state index contributed by atoms with van der Waals surface area (Å²) in [5.41, 5.74) is 0. The summed E-state index contributed by atoms with van der Waals surface area (Å²) in [6.07, 6.45) is 11.2. The van der Waals surface area contributed by atoms with Gasteiger partial charge < -0.3 is 0 Å². The molecule has 0 aliphatic heterocycles. The smallest absolute Gasteiger partial charge is 0.0355 e. The first-order valence-electron chi connectivity index (χ1n) is 5.12. The number of hydrogen-bond acceptors (Lipinski definition) is 0. The maximum atomic E-state index is 2.56. The first kappa shape index (κ1) is 9.09. The second-order valence-electron chi connectivity index (χ2n) is 4.26. The molecule has 0 saturated heterocycles. The SMILES string of the molecule is CC(C)CC1[CH]CCCCC1. The van der Waals surface area contributed by atoms with Gasteiger partial charge in [-0.1, -0.05) is 39.5 Å². The highest BCUT2D eigenvalue weighted by molar-refractivity contribution is 4.79. The molecule has 0 heteroatoms. The van der Waals surface area contributed by atoms with Crippen molar-refractivity contribution < 1.29 is 0 Å². The predicted octanol–water partition coefficient (Wildman–Crippen LogP) is 3.82. The van der Waals surface area contributed by atoms with Gasteiger partial charge in [-0.15, -0.1) is 0 Å². The average Bonchev–Trinajstić information content (AvgIpc) is 2.14. The third-order valence-corrected chi connectivity index (χ3v) is 2.55. The first-order chi connectivity index (χ1) is 5.29. The van der Waals surface area contributed by atoms with Crippen molar-refractivity contribution >= 4 is 0 Å². The topological polar surface area (TPSA) is 0 Å². The standard InChI is InChI=1S/C11H21/c1-10(2)9-11-7-5-3-4-6-8-11/h7,10-11H,3-6,8-9H2,1-2H3. The molecule has 1 fully saturated rings. The lowest BCUT2D eigenvalue weighted by Crippen LogP contribution is -2.03. The molecule has 0 amide bonds. The minimum atomic E-state index is 0.884. The zero-order valence-electron chi connectivity index (χ0n) is 7.97. The van der Waals surface area contributed by atoms with E-state index in [1.807, 2.05) is 0 Å². The van der Waals surface area contributed by atoms with Gasteiger partial charge in [-0.05, 0) is 31.1 Å². The Morgan fingerprint density at radius 1 is 1.27 bits per heavy atom. The van der Waals surface area contributed by atoms with Crippen molar-refractivity contribution in [3.05, 3.63) is 6.42 Å². The molecular formula is C11H21. The maximum absolute atomic E-state index is 2.56. The molecule has 1 aliphatic carbocycles. The molecule has 1 atom stereocenters. The van der Waals surface area contributed by atoms with Crippen molar-refractivity contribution in [1.29, 1.82) is 0 Å². The van der Waals surface area contributed by atoms with Crippen molar-refractivity contribution in [1.82, 2.24) is 0 Å². The van der Waals surface area contributed by atoms with Crippen LogP contribution in [0, 0.1) is 18.3 Å². The molecule has 11 heavy (non-hydrogen) atoms. The molecule has 1 saturated carbocycles. The van der Waals surface area contributed by atoms with Gasteiger partial charge in [-0.2, -0.15) is 0 Å². The third kappa shape index (κ3) is 3.79. The van der Waals surface area contributed by atoms with Crippen LogP contribution in [0.2, 0.25) is 0 Å². The van der Waals surface area contributed by atoms with Gasteiger partial charge in [0, 0.05) is 0 Å². The van der Waals surface area contributed by atoms with Crippen LogP contribution in [-0.4, -0.2) is 0 Å². The van der Waals surface area contributed by atoms with Crippen molar-refractivity contribution in [3.8, 4) is 0 Å². The van der Waals surface area contributed by atoms with Gasteiger partial charge in [0.15, 0.2) is 0 Å². The van der Waals surface area contributed by atoms with Crippen LogP contribution in [0.3, 0.4) is 0 Å². The molecular weight excluding hydrogens is 132 g/mol. The Morgan fingerprint density at radius 3 is 2.82 bits per heavy atom. The van der Waals surface area contributed by atoms with E-state index in [0.29, 0.717) is 0 Å². The van der Waals surface area contributed by atoms with Crippen LogP contribution >= 0.6 is 0 Å². The van der Waals surface area contributed by atoms with E-state index in [9.17, 15) is 0 Å². The van der Waals surface area contributed by atoms with Crippen LogP contribution < -0.4 is 0 Å². The Kier molecular flexibility index (Phi) is 3.96. The third-order valence-electron chi connectivity index (χ3n) is 2.55. The van der Waals surface area contributed by atoms with E-state index >= 15 is 0 Å². The molecule has 0 spiro atoms. The molecule has 1 radical (unpaired) electrons. The Labute approximate surface area is 71.4 Å². The summed E-state index contributed by atoms with van der Waals surface area (Å²) < 4.78 is 0. The molecule has 1 rings (SSSR count). The molecule has 0 aromatic heterocycles. The zero-order chi connectivity index (χ0) is 8.10. The molecule has 1 unspecified atom stereocenters. The van der Waals surface area contributed by atoms with E-state index in [1.165, 1.54) is 38.5 Å². The average molecular weight is 153 g/mol. The van der Waals surface area contributed by atoms with Gasteiger partial charge >= 0.3 is 0 Å². The van der Waals surface area contributed by atoms with Crippen molar-refractivity contribution in [2.24, 2.45) is 11.8 Å². The molecule has 0 aromatic carbocycles. The largest absolute Gasteiger partial charge is 0.0628 e.